The van der Waals surface area contributed by atoms with Gasteiger partial charge in [0.1, 0.15) is 0 Å². The first-order valence-corrected chi connectivity index (χ1v) is 6.99. The van der Waals surface area contributed by atoms with E-state index >= 15 is 0 Å². The molecule has 6 nitrogen and oxygen atoms in total. The summed E-state index contributed by atoms with van der Waals surface area (Å²) in [5.74, 6) is 0.852. The fourth-order valence-corrected chi connectivity index (χ4v) is 2.04. The van der Waals surface area contributed by atoms with Crippen molar-refractivity contribution in [3.05, 3.63) is 18.5 Å². The molecule has 1 atom stereocenters. The van der Waals surface area contributed by atoms with E-state index in [0.717, 1.165) is 51.6 Å². The second-order valence-corrected chi connectivity index (χ2v) is 4.55. The van der Waals surface area contributed by atoms with E-state index in [1.807, 2.05) is 16.9 Å². The maximum atomic E-state index is 5.57. The maximum Gasteiger partial charge on any atom is 0.191 e. The van der Waals surface area contributed by atoms with Crippen LogP contribution < -0.4 is 10.6 Å². The fraction of sp³-hybridized carbons (Fsp3) is 0.692. The van der Waals surface area contributed by atoms with E-state index in [1.165, 1.54) is 0 Å². The Balaban J connectivity index is 0.00000200. The van der Waals surface area contributed by atoms with Crippen molar-refractivity contribution < 1.29 is 4.74 Å². The lowest BCUT2D eigenvalue weighted by atomic mass is 10.2. The Morgan fingerprint density at radius 1 is 1.50 bits per heavy atom. The van der Waals surface area contributed by atoms with Crippen LogP contribution in [-0.4, -0.2) is 48.1 Å². The molecule has 1 aliphatic heterocycles. The summed E-state index contributed by atoms with van der Waals surface area (Å²) in [6.45, 7) is 6.17. The van der Waals surface area contributed by atoms with E-state index in [1.54, 1.807) is 6.20 Å². The number of hydrogen-bond donors (Lipinski definition) is 2. The van der Waals surface area contributed by atoms with Gasteiger partial charge in [-0.05, 0) is 25.8 Å². The minimum atomic E-state index is 0. The molecular weight excluding hydrogens is 369 g/mol. The van der Waals surface area contributed by atoms with Crippen LogP contribution in [0.1, 0.15) is 19.8 Å². The first kappa shape index (κ1) is 17.2. The highest BCUT2D eigenvalue weighted by molar-refractivity contribution is 14.0. The summed E-state index contributed by atoms with van der Waals surface area (Å²) in [5.41, 5.74) is 0. The molecule has 0 spiro atoms. The van der Waals surface area contributed by atoms with Crippen molar-refractivity contribution in [2.45, 2.75) is 32.4 Å². The molecule has 0 radical (unpaired) electrons. The van der Waals surface area contributed by atoms with Crippen molar-refractivity contribution in [3.63, 3.8) is 0 Å². The van der Waals surface area contributed by atoms with Crippen LogP contribution in [0.2, 0.25) is 0 Å². The lowest BCUT2D eigenvalue weighted by molar-refractivity contribution is 0.117. The predicted octanol–water partition coefficient (Wildman–Crippen LogP) is 1.24. The molecule has 0 aromatic carbocycles. The summed E-state index contributed by atoms with van der Waals surface area (Å²) in [4.78, 5) is 4.55. The van der Waals surface area contributed by atoms with Crippen molar-refractivity contribution in [2.75, 3.05) is 26.2 Å². The zero-order chi connectivity index (χ0) is 13.3. The standard InChI is InChI=1S/C13H23N5O.HI/c1-2-14-13(16-11-12-5-3-10-19-12)15-7-9-18-8-4-6-17-18;/h4,6,8,12H,2-3,5,7,9-11H2,1H3,(H2,14,15,16);1H. The summed E-state index contributed by atoms with van der Waals surface area (Å²) in [7, 11) is 0. The van der Waals surface area contributed by atoms with Gasteiger partial charge in [-0.1, -0.05) is 0 Å². The van der Waals surface area contributed by atoms with E-state index < -0.39 is 0 Å². The summed E-state index contributed by atoms with van der Waals surface area (Å²) in [6.07, 6.45) is 6.32. The molecule has 0 bridgehead atoms. The Morgan fingerprint density at radius 3 is 3.05 bits per heavy atom. The molecule has 1 aliphatic rings. The first-order valence-electron chi connectivity index (χ1n) is 6.99. The molecule has 1 unspecified atom stereocenters. The van der Waals surface area contributed by atoms with Gasteiger partial charge >= 0.3 is 0 Å². The molecule has 1 aromatic heterocycles. The van der Waals surface area contributed by atoms with Crippen LogP contribution >= 0.6 is 24.0 Å². The number of rotatable bonds is 6. The summed E-state index contributed by atoms with van der Waals surface area (Å²) in [6, 6.07) is 1.93. The molecule has 2 rings (SSSR count). The number of halogens is 1. The quantitative estimate of drug-likeness (QED) is 0.434. The highest BCUT2D eigenvalue weighted by Crippen LogP contribution is 2.11. The van der Waals surface area contributed by atoms with Gasteiger partial charge in [-0.15, -0.1) is 24.0 Å². The second-order valence-electron chi connectivity index (χ2n) is 4.55. The van der Waals surface area contributed by atoms with Gasteiger partial charge in [-0.2, -0.15) is 5.10 Å². The van der Waals surface area contributed by atoms with Gasteiger partial charge in [0.15, 0.2) is 5.96 Å². The van der Waals surface area contributed by atoms with Gasteiger partial charge in [0, 0.05) is 32.1 Å². The molecule has 2 heterocycles. The average molecular weight is 393 g/mol. The number of aliphatic imine (C=N–C) groups is 1. The lowest BCUT2D eigenvalue weighted by Crippen LogP contribution is -2.39. The Bertz CT molecular complexity index is 376. The monoisotopic (exact) mass is 393 g/mol. The Hall–Kier alpha value is -0.830. The molecule has 0 amide bonds. The van der Waals surface area contributed by atoms with E-state index in [2.05, 4.69) is 27.6 Å². The van der Waals surface area contributed by atoms with Crippen LogP contribution in [0.15, 0.2) is 23.5 Å². The van der Waals surface area contributed by atoms with Crippen molar-refractivity contribution in [1.29, 1.82) is 0 Å². The molecule has 2 N–H and O–H groups in total. The third-order valence-corrected chi connectivity index (χ3v) is 3.01. The number of aromatic nitrogens is 2. The Morgan fingerprint density at radius 2 is 2.40 bits per heavy atom. The second kappa shape index (κ2) is 9.98. The van der Waals surface area contributed by atoms with E-state index in [-0.39, 0.29) is 24.0 Å². The zero-order valence-corrected chi connectivity index (χ0v) is 14.2. The number of nitrogens with one attached hydrogen (secondary N) is 2. The van der Waals surface area contributed by atoms with Crippen LogP contribution in [0.25, 0.3) is 0 Å². The Kier molecular flexibility index (Phi) is 8.59. The van der Waals surface area contributed by atoms with Crippen molar-refractivity contribution >= 4 is 29.9 Å². The summed E-state index contributed by atoms with van der Waals surface area (Å²) < 4.78 is 7.47. The van der Waals surface area contributed by atoms with Gasteiger partial charge in [0.2, 0.25) is 0 Å². The van der Waals surface area contributed by atoms with E-state index in [0.29, 0.717) is 6.10 Å². The SMILES string of the molecule is CCNC(=NCC1CCCO1)NCCn1cccn1.I. The van der Waals surface area contributed by atoms with Gasteiger partial charge in [-0.25, -0.2) is 0 Å². The van der Waals surface area contributed by atoms with Crippen LogP contribution in [0.4, 0.5) is 0 Å². The largest absolute Gasteiger partial charge is 0.376 e. The minimum Gasteiger partial charge on any atom is -0.376 e. The molecular formula is C13H24IN5O. The van der Waals surface area contributed by atoms with E-state index in [4.69, 9.17) is 4.74 Å². The Labute approximate surface area is 137 Å². The summed E-state index contributed by atoms with van der Waals surface area (Å²) in [5, 5.41) is 10.7. The highest BCUT2D eigenvalue weighted by atomic mass is 127. The third kappa shape index (κ3) is 6.08. The number of hydrogen-bond acceptors (Lipinski definition) is 3. The molecule has 20 heavy (non-hydrogen) atoms. The van der Waals surface area contributed by atoms with Gasteiger partial charge in [-0.3, -0.25) is 9.67 Å². The van der Waals surface area contributed by atoms with Crippen LogP contribution in [0.3, 0.4) is 0 Å². The maximum absolute atomic E-state index is 5.57. The lowest BCUT2D eigenvalue weighted by Gasteiger charge is -2.12. The fourth-order valence-electron chi connectivity index (χ4n) is 2.04. The molecule has 0 aliphatic carbocycles. The molecule has 7 heteroatoms. The molecule has 0 saturated carbocycles. The topological polar surface area (TPSA) is 63.5 Å². The smallest absolute Gasteiger partial charge is 0.191 e. The van der Waals surface area contributed by atoms with E-state index in [9.17, 15) is 0 Å². The minimum absolute atomic E-state index is 0. The van der Waals surface area contributed by atoms with Crippen molar-refractivity contribution in [1.82, 2.24) is 20.4 Å². The number of nitrogens with zero attached hydrogens (tertiary/aromatic N) is 3. The van der Waals surface area contributed by atoms with Crippen LogP contribution in [0.5, 0.6) is 0 Å². The van der Waals surface area contributed by atoms with Crippen molar-refractivity contribution in [2.24, 2.45) is 4.99 Å². The molecule has 114 valence electrons. The highest BCUT2D eigenvalue weighted by Gasteiger charge is 2.14. The average Bonchev–Trinajstić information content (AvgIpc) is 3.09. The van der Waals surface area contributed by atoms with Gasteiger partial charge in [0.05, 0.1) is 19.2 Å². The molecule has 1 saturated heterocycles. The van der Waals surface area contributed by atoms with Crippen LogP contribution in [-0.2, 0) is 11.3 Å². The van der Waals surface area contributed by atoms with Gasteiger partial charge < -0.3 is 15.4 Å². The van der Waals surface area contributed by atoms with Crippen molar-refractivity contribution in [3.8, 4) is 0 Å². The third-order valence-electron chi connectivity index (χ3n) is 3.01. The summed E-state index contributed by atoms with van der Waals surface area (Å²) >= 11 is 0. The first-order chi connectivity index (χ1) is 9.38. The molecule has 1 fully saturated rings. The zero-order valence-electron chi connectivity index (χ0n) is 11.9. The van der Waals surface area contributed by atoms with Crippen LogP contribution in [0, 0.1) is 0 Å². The predicted molar refractivity (Wildman–Crippen MR) is 90.6 cm³/mol. The molecule has 1 aromatic rings. The number of ether oxygens (including phenoxy) is 1. The normalized spacial score (nSPS) is 18.6. The number of guanidine groups is 1. The van der Waals surface area contributed by atoms with Gasteiger partial charge in [0.25, 0.3) is 0 Å².